The molecule has 4 heteroatoms. The largest absolute Gasteiger partial charge is 0.335 e. The summed E-state index contributed by atoms with van der Waals surface area (Å²) in [6.45, 7) is 5.93. The minimum atomic E-state index is 0.0613. The van der Waals surface area contributed by atoms with E-state index in [-0.39, 0.29) is 11.9 Å². The van der Waals surface area contributed by atoms with Gasteiger partial charge in [-0.1, -0.05) is 17.7 Å². The van der Waals surface area contributed by atoms with Gasteiger partial charge in [0.15, 0.2) is 0 Å². The van der Waals surface area contributed by atoms with Gasteiger partial charge in [-0.3, -0.25) is 4.79 Å². The van der Waals surface area contributed by atoms with Crippen molar-refractivity contribution in [3.8, 4) is 0 Å². The fourth-order valence-corrected chi connectivity index (χ4v) is 2.66. The first-order chi connectivity index (χ1) is 9.08. The highest BCUT2D eigenvalue weighted by molar-refractivity contribution is 6.30. The van der Waals surface area contributed by atoms with Gasteiger partial charge in [0.2, 0.25) is 0 Å². The number of nitrogens with one attached hydrogen (secondary N) is 1. The molecular weight excluding hydrogens is 260 g/mol. The zero-order valence-corrected chi connectivity index (χ0v) is 12.3. The second-order valence-electron chi connectivity index (χ2n) is 5.35. The fourth-order valence-electron chi connectivity index (χ4n) is 2.47. The Kier molecular flexibility index (Phi) is 4.83. The van der Waals surface area contributed by atoms with E-state index in [9.17, 15) is 4.79 Å². The van der Waals surface area contributed by atoms with Crippen LogP contribution < -0.4 is 5.32 Å². The van der Waals surface area contributed by atoms with Gasteiger partial charge in [0.1, 0.15) is 0 Å². The van der Waals surface area contributed by atoms with Crippen molar-refractivity contribution < 1.29 is 4.79 Å². The Balaban J connectivity index is 2.11. The SMILES string of the molecule is CC(C)N(CC1CCCN1)C(=O)c1cccc(Cl)c1. The Morgan fingerprint density at radius 2 is 2.32 bits per heavy atom. The zero-order valence-electron chi connectivity index (χ0n) is 11.5. The molecule has 1 N–H and O–H groups in total. The second kappa shape index (κ2) is 6.40. The normalized spacial score (nSPS) is 18.8. The number of hydrogen-bond donors (Lipinski definition) is 1. The molecule has 1 unspecified atom stereocenters. The van der Waals surface area contributed by atoms with Gasteiger partial charge < -0.3 is 10.2 Å². The molecule has 1 amide bonds. The van der Waals surface area contributed by atoms with Crippen LogP contribution in [0.5, 0.6) is 0 Å². The molecule has 1 saturated heterocycles. The first-order valence-corrected chi connectivity index (χ1v) is 7.25. The molecule has 2 rings (SSSR count). The minimum absolute atomic E-state index is 0.0613. The lowest BCUT2D eigenvalue weighted by atomic mass is 10.1. The summed E-state index contributed by atoms with van der Waals surface area (Å²) in [6.07, 6.45) is 2.34. The van der Waals surface area contributed by atoms with Gasteiger partial charge in [-0.25, -0.2) is 0 Å². The maximum atomic E-state index is 12.6. The maximum Gasteiger partial charge on any atom is 0.254 e. The third kappa shape index (κ3) is 3.71. The van der Waals surface area contributed by atoms with Crippen molar-refractivity contribution in [2.45, 2.75) is 38.8 Å². The van der Waals surface area contributed by atoms with Crippen molar-refractivity contribution in [2.24, 2.45) is 0 Å². The molecule has 0 aliphatic carbocycles. The van der Waals surface area contributed by atoms with E-state index in [1.54, 1.807) is 12.1 Å². The Hall–Kier alpha value is -1.06. The molecule has 3 nitrogen and oxygen atoms in total. The topological polar surface area (TPSA) is 32.3 Å². The van der Waals surface area contributed by atoms with E-state index in [1.165, 1.54) is 6.42 Å². The van der Waals surface area contributed by atoms with Gasteiger partial charge in [-0.05, 0) is 51.4 Å². The van der Waals surface area contributed by atoms with E-state index in [2.05, 4.69) is 19.2 Å². The van der Waals surface area contributed by atoms with Gasteiger partial charge in [-0.15, -0.1) is 0 Å². The molecule has 104 valence electrons. The molecule has 1 aliphatic rings. The summed E-state index contributed by atoms with van der Waals surface area (Å²) in [5.74, 6) is 0.0613. The van der Waals surface area contributed by atoms with Crippen molar-refractivity contribution in [3.63, 3.8) is 0 Å². The minimum Gasteiger partial charge on any atom is -0.335 e. The predicted octanol–water partition coefficient (Wildman–Crippen LogP) is 2.94. The average molecular weight is 281 g/mol. The quantitative estimate of drug-likeness (QED) is 0.920. The third-order valence-electron chi connectivity index (χ3n) is 3.54. The molecule has 0 aromatic heterocycles. The highest BCUT2D eigenvalue weighted by Crippen LogP contribution is 2.16. The second-order valence-corrected chi connectivity index (χ2v) is 5.79. The van der Waals surface area contributed by atoms with Crippen molar-refractivity contribution in [1.82, 2.24) is 10.2 Å². The monoisotopic (exact) mass is 280 g/mol. The molecule has 19 heavy (non-hydrogen) atoms. The van der Waals surface area contributed by atoms with Crippen molar-refractivity contribution >= 4 is 17.5 Å². The number of carbonyl (C=O) groups is 1. The van der Waals surface area contributed by atoms with Crippen LogP contribution in [0.4, 0.5) is 0 Å². The van der Waals surface area contributed by atoms with Crippen molar-refractivity contribution in [1.29, 1.82) is 0 Å². The van der Waals surface area contributed by atoms with Crippen LogP contribution in [-0.4, -0.2) is 36.0 Å². The molecule has 1 aromatic rings. The van der Waals surface area contributed by atoms with Gasteiger partial charge >= 0.3 is 0 Å². The molecule has 1 fully saturated rings. The summed E-state index contributed by atoms with van der Waals surface area (Å²) in [5.41, 5.74) is 0.666. The number of benzene rings is 1. The summed E-state index contributed by atoms with van der Waals surface area (Å²) in [5, 5.41) is 4.04. The molecule has 0 spiro atoms. The van der Waals surface area contributed by atoms with Crippen molar-refractivity contribution in [2.75, 3.05) is 13.1 Å². The van der Waals surface area contributed by atoms with Crippen LogP contribution in [0.15, 0.2) is 24.3 Å². The summed E-state index contributed by atoms with van der Waals surface area (Å²) in [6, 6.07) is 7.78. The predicted molar refractivity (Wildman–Crippen MR) is 78.6 cm³/mol. The zero-order chi connectivity index (χ0) is 13.8. The maximum absolute atomic E-state index is 12.6. The lowest BCUT2D eigenvalue weighted by Crippen LogP contribution is -2.44. The number of amides is 1. The van der Waals surface area contributed by atoms with Crippen LogP contribution in [-0.2, 0) is 0 Å². The number of hydrogen-bond acceptors (Lipinski definition) is 2. The molecule has 0 radical (unpaired) electrons. The molecule has 0 bridgehead atoms. The Morgan fingerprint density at radius 1 is 1.53 bits per heavy atom. The number of carbonyl (C=O) groups excluding carboxylic acids is 1. The molecule has 0 saturated carbocycles. The van der Waals surface area contributed by atoms with Gasteiger partial charge in [0, 0.05) is 29.2 Å². The first-order valence-electron chi connectivity index (χ1n) is 6.88. The fraction of sp³-hybridized carbons (Fsp3) is 0.533. The summed E-state index contributed by atoms with van der Waals surface area (Å²) < 4.78 is 0. The van der Waals surface area contributed by atoms with Crippen LogP contribution in [0.1, 0.15) is 37.0 Å². The Bertz CT molecular complexity index is 442. The number of halogens is 1. The van der Waals surface area contributed by atoms with Crippen LogP contribution in [0, 0.1) is 0 Å². The summed E-state index contributed by atoms with van der Waals surface area (Å²) in [4.78, 5) is 14.5. The van der Waals surface area contributed by atoms with Crippen LogP contribution in [0.25, 0.3) is 0 Å². The molecule has 1 aliphatic heterocycles. The van der Waals surface area contributed by atoms with Crippen LogP contribution >= 0.6 is 11.6 Å². The van der Waals surface area contributed by atoms with Gasteiger partial charge in [-0.2, -0.15) is 0 Å². The third-order valence-corrected chi connectivity index (χ3v) is 3.77. The molecule has 1 heterocycles. The van der Waals surface area contributed by atoms with E-state index in [0.29, 0.717) is 16.6 Å². The van der Waals surface area contributed by atoms with Gasteiger partial charge in [0.05, 0.1) is 0 Å². The molecular formula is C15H21ClN2O. The molecule has 1 atom stereocenters. The average Bonchev–Trinajstić information content (AvgIpc) is 2.87. The van der Waals surface area contributed by atoms with Gasteiger partial charge in [0.25, 0.3) is 5.91 Å². The van der Waals surface area contributed by atoms with E-state index in [4.69, 9.17) is 11.6 Å². The highest BCUT2D eigenvalue weighted by atomic mass is 35.5. The van der Waals surface area contributed by atoms with Crippen molar-refractivity contribution in [3.05, 3.63) is 34.9 Å². The lowest BCUT2D eigenvalue weighted by molar-refractivity contribution is 0.0689. The van der Waals surface area contributed by atoms with Crippen LogP contribution in [0.2, 0.25) is 5.02 Å². The first kappa shape index (κ1) is 14.4. The Labute approximate surface area is 119 Å². The standard InChI is InChI=1S/C15H21ClN2O/c1-11(2)18(10-14-7-4-8-17-14)15(19)12-5-3-6-13(16)9-12/h3,5-6,9,11,14,17H,4,7-8,10H2,1-2H3. The van der Waals surface area contributed by atoms with E-state index < -0.39 is 0 Å². The van der Waals surface area contributed by atoms with Crippen LogP contribution in [0.3, 0.4) is 0 Å². The molecule has 1 aromatic carbocycles. The Morgan fingerprint density at radius 3 is 2.89 bits per heavy atom. The highest BCUT2D eigenvalue weighted by Gasteiger charge is 2.24. The smallest absolute Gasteiger partial charge is 0.254 e. The van der Waals surface area contributed by atoms with E-state index >= 15 is 0 Å². The van der Waals surface area contributed by atoms with E-state index in [1.807, 2.05) is 17.0 Å². The number of nitrogens with zero attached hydrogens (tertiary/aromatic N) is 1. The lowest BCUT2D eigenvalue weighted by Gasteiger charge is -2.29. The summed E-state index contributed by atoms with van der Waals surface area (Å²) in [7, 11) is 0. The summed E-state index contributed by atoms with van der Waals surface area (Å²) >= 11 is 5.96. The van der Waals surface area contributed by atoms with E-state index in [0.717, 1.165) is 19.5 Å². The number of rotatable bonds is 4.